The highest BCUT2D eigenvalue weighted by molar-refractivity contribution is 7.98. The molecule has 26 heavy (non-hydrogen) atoms. The van der Waals surface area contributed by atoms with Crippen LogP contribution in [0.3, 0.4) is 0 Å². The first kappa shape index (κ1) is 17.2. The van der Waals surface area contributed by atoms with Gasteiger partial charge in [0.25, 0.3) is 0 Å². The maximum absolute atomic E-state index is 13.3. The Hall–Kier alpha value is -2.26. The smallest absolute Gasteiger partial charge is 0.237 e. The SMILES string of the molecule is Cc1noc(CSc2nnc(-c3ccc(F)cc3)n2CC2CCCO2)n1. The van der Waals surface area contributed by atoms with E-state index >= 15 is 0 Å². The third-order valence-electron chi connectivity index (χ3n) is 4.12. The summed E-state index contributed by atoms with van der Waals surface area (Å²) in [7, 11) is 0. The molecule has 1 aliphatic rings. The van der Waals surface area contributed by atoms with Crippen LogP contribution in [0.5, 0.6) is 0 Å². The molecule has 1 aliphatic heterocycles. The van der Waals surface area contributed by atoms with Crippen molar-refractivity contribution in [3.8, 4) is 11.4 Å². The molecule has 9 heteroatoms. The van der Waals surface area contributed by atoms with Gasteiger partial charge in [0.15, 0.2) is 16.8 Å². The standard InChI is InChI=1S/C17H18FN5O2S/c1-11-19-15(25-22-11)10-26-17-21-20-16(12-4-6-13(18)7-5-12)23(17)9-14-3-2-8-24-14/h4-7,14H,2-3,8-10H2,1H3. The number of nitrogens with zero attached hydrogens (tertiary/aromatic N) is 5. The maximum atomic E-state index is 13.3. The van der Waals surface area contributed by atoms with E-state index < -0.39 is 0 Å². The Balaban J connectivity index is 1.60. The van der Waals surface area contributed by atoms with Gasteiger partial charge in [-0.2, -0.15) is 4.98 Å². The number of hydrogen-bond donors (Lipinski definition) is 0. The van der Waals surface area contributed by atoms with Crippen molar-refractivity contribution in [2.75, 3.05) is 6.61 Å². The van der Waals surface area contributed by atoms with Crippen LogP contribution in [-0.2, 0) is 17.0 Å². The van der Waals surface area contributed by atoms with Crippen molar-refractivity contribution in [1.82, 2.24) is 24.9 Å². The largest absolute Gasteiger partial charge is 0.376 e. The minimum Gasteiger partial charge on any atom is -0.376 e. The summed E-state index contributed by atoms with van der Waals surface area (Å²) in [5.74, 6) is 2.08. The normalized spacial score (nSPS) is 17.1. The van der Waals surface area contributed by atoms with Crippen LogP contribution in [0.4, 0.5) is 4.39 Å². The summed E-state index contributed by atoms with van der Waals surface area (Å²) in [4.78, 5) is 4.21. The van der Waals surface area contributed by atoms with Gasteiger partial charge < -0.3 is 9.26 Å². The number of thioether (sulfide) groups is 1. The highest BCUT2D eigenvalue weighted by Gasteiger charge is 2.22. The number of aromatic nitrogens is 5. The van der Waals surface area contributed by atoms with Crippen LogP contribution in [0.25, 0.3) is 11.4 Å². The molecule has 0 amide bonds. The first-order chi connectivity index (χ1) is 12.7. The minimum atomic E-state index is -0.277. The number of benzene rings is 1. The summed E-state index contributed by atoms with van der Waals surface area (Å²) in [6.07, 6.45) is 2.20. The van der Waals surface area contributed by atoms with Crippen molar-refractivity contribution in [2.24, 2.45) is 0 Å². The first-order valence-corrected chi connectivity index (χ1v) is 9.40. The maximum Gasteiger partial charge on any atom is 0.237 e. The van der Waals surface area contributed by atoms with Gasteiger partial charge in [-0.1, -0.05) is 16.9 Å². The van der Waals surface area contributed by atoms with E-state index in [-0.39, 0.29) is 11.9 Å². The predicted molar refractivity (Wildman–Crippen MR) is 93.0 cm³/mol. The molecule has 0 radical (unpaired) electrons. The molecule has 0 saturated carbocycles. The van der Waals surface area contributed by atoms with Gasteiger partial charge in [0, 0.05) is 12.2 Å². The molecule has 3 heterocycles. The third-order valence-corrected chi connectivity index (χ3v) is 5.08. The number of halogens is 1. The predicted octanol–water partition coefficient (Wildman–Crippen LogP) is 3.25. The van der Waals surface area contributed by atoms with E-state index in [9.17, 15) is 4.39 Å². The van der Waals surface area contributed by atoms with E-state index in [1.807, 2.05) is 4.57 Å². The molecular formula is C17H18FN5O2S. The lowest BCUT2D eigenvalue weighted by Crippen LogP contribution is -2.16. The Morgan fingerprint density at radius 2 is 2.12 bits per heavy atom. The quantitative estimate of drug-likeness (QED) is 0.612. The molecule has 0 bridgehead atoms. The highest BCUT2D eigenvalue weighted by atomic mass is 32.2. The zero-order valence-corrected chi connectivity index (χ0v) is 15.1. The van der Waals surface area contributed by atoms with E-state index in [1.165, 1.54) is 23.9 Å². The Bertz CT molecular complexity index is 874. The van der Waals surface area contributed by atoms with Gasteiger partial charge in [0.2, 0.25) is 5.89 Å². The van der Waals surface area contributed by atoms with Gasteiger partial charge in [0.1, 0.15) is 5.82 Å². The number of rotatable bonds is 6. The summed E-state index contributed by atoms with van der Waals surface area (Å²) in [5, 5.41) is 13.2. The lowest BCUT2D eigenvalue weighted by Gasteiger charge is -2.14. The van der Waals surface area contributed by atoms with Crippen molar-refractivity contribution in [2.45, 2.75) is 43.3 Å². The summed E-state index contributed by atoms with van der Waals surface area (Å²) in [6, 6.07) is 6.27. The molecule has 1 saturated heterocycles. The van der Waals surface area contributed by atoms with Crippen LogP contribution >= 0.6 is 11.8 Å². The number of hydrogen-bond acceptors (Lipinski definition) is 7. The molecule has 1 aromatic carbocycles. The van der Waals surface area contributed by atoms with Crippen LogP contribution in [0, 0.1) is 12.7 Å². The fraction of sp³-hybridized carbons (Fsp3) is 0.412. The second kappa shape index (κ2) is 7.55. The molecule has 4 rings (SSSR count). The summed E-state index contributed by atoms with van der Waals surface area (Å²) in [6.45, 7) is 3.22. The molecule has 1 atom stereocenters. The van der Waals surface area contributed by atoms with Crippen LogP contribution < -0.4 is 0 Å². The van der Waals surface area contributed by atoms with Gasteiger partial charge >= 0.3 is 0 Å². The second-order valence-electron chi connectivity index (χ2n) is 6.08. The van der Waals surface area contributed by atoms with Crippen LogP contribution in [0.15, 0.2) is 33.9 Å². The molecule has 1 fully saturated rings. The average Bonchev–Trinajstić information content (AvgIpc) is 3.37. The van der Waals surface area contributed by atoms with Crippen molar-refractivity contribution in [1.29, 1.82) is 0 Å². The second-order valence-corrected chi connectivity index (χ2v) is 7.03. The fourth-order valence-electron chi connectivity index (χ4n) is 2.89. The molecule has 7 nitrogen and oxygen atoms in total. The van der Waals surface area contributed by atoms with Crippen LogP contribution in [0.2, 0.25) is 0 Å². The molecular weight excluding hydrogens is 357 g/mol. The van der Waals surface area contributed by atoms with E-state index in [0.29, 0.717) is 29.8 Å². The minimum absolute atomic E-state index is 0.134. The number of ether oxygens (including phenoxy) is 1. The lowest BCUT2D eigenvalue weighted by atomic mass is 10.2. The Morgan fingerprint density at radius 1 is 1.27 bits per heavy atom. The Kier molecular flexibility index (Phi) is 4.98. The first-order valence-electron chi connectivity index (χ1n) is 8.42. The monoisotopic (exact) mass is 375 g/mol. The van der Waals surface area contributed by atoms with E-state index in [0.717, 1.165) is 30.2 Å². The molecule has 2 aromatic heterocycles. The lowest BCUT2D eigenvalue weighted by molar-refractivity contribution is 0.0953. The van der Waals surface area contributed by atoms with E-state index in [4.69, 9.17) is 9.26 Å². The third kappa shape index (κ3) is 3.78. The molecule has 136 valence electrons. The van der Waals surface area contributed by atoms with Gasteiger partial charge in [-0.25, -0.2) is 4.39 Å². The van der Waals surface area contributed by atoms with Crippen molar-refractivity contribution in [3.05, 3.63) is 41.8 Å². The summed E-state index contributed by atoms with van der Waals surface area (Å²) < 4.78 is 26.2. The Morgan fingerprint density at radius 3 is 2.81 bits per heavy atom. The summed E-state index contributed by atoms with van der Waals surface area (Å²) in [5.41, 5.74) is 0.817. The van der Waals surface area contributed by atoms with E-state index in [1.54, 1.807) is 19.1 Å². The number of aryl methyl sites for hydroxylation is 1. The van der Waals surface area contributed by atoms with Crippen molar-refractivity contribution < 1.29 is 13.7 Å². The van der Waals surface area contributed by atoms with E-state index in [2.05, 4.69) is 20.3 Å². The molecule has 0 N–H and O–H groups in total. The van der Waals surface area contributed by atoms with Crippen LogP contribution in [0.1, 0.15) is 24.6 Å². The Labute approximate surface area is 154 Å². The van der Waals surface area contributed by atoms with Crippen molar-refractivity contribution in [3.63, 3.8) is 0 Å². The highest BCUT2D eigenvalue weighted by Crippen LogP contribution is 2.28. The van der Waals surface area contributed by atoms with Gasteiger partial charge in [-0.15, -0.1) is 10.2 Å². The van der Waals surface area contributed by atoms with Crippen molar-refractivity contribution >= 4 is 11.8 Å². The molecule has 0 aliphatic carbocycles. The molecule has 3 aromatic rings. The summed E-state index contributed by atoms with van der Waals surface area (Å²) >= 11 is 1.48. The van der Waals surface area contributed by atoms with Gasteiger partial charge in [-0.3, -0.25) is 4.57 Å². The molecule has 1 unspecified atom stereocenters. The van der Waals surface area contributed by atoms with Crippen LogP contribution in [-0.4, -0.2) is 37.6 Å². The average molecular weight is 375 g/mol. The fourth-order valence-corrected chi connectivity index (χ4v) is 3.67. The topological polar surface area (TPSA) is 78.9 Å². The zero-order chi connectivity index (χ0) is 17.9. The van der Waals surface area contributed by atoms with Gasteiger partial charge in [-0.05, 0) is 44.0 Å². The molecule has 0 spiro atoms. The van der Waals surface area contributed by atoms with Gasteiger partial charge in [0.05, 0.1) is 18.4 Å². The zero-order valence-electron chi connectivity index (χ0n) is 14.3.